The Morgan fingerprint density at radius 2 is 0.919 bits per heavy atom. The Kier molecular flexibility index (Phi) is 44.4. The van der Waals surface area contributed by atoms with E-state index in [1.807, 2.05) is 21.1 Å². The lowest BCUT2D eigenvalue weighted by Gasteiger charge is -2.26. The van der Waals surface area contributed by atoms with Crippen molar-refractivity contribution >= 4 is 13.7 Å². The number of unbranched alkanes of at least 4 members (excludes halogenated alkanes) is 32. The van der Waals surface area contributed by atoms with Crippen molar-refractivity contribution in [2.45, 2.75) is 270 Å². The number of likely N-dealkylation sites (N-methyl/N-ethyl adjacent to an activating group) is 1. The number of rotatable bonds is 49. The second kappa shape index (κ2) is 45.1. The third kappa shape index (κ3) is 47.0. The van der Waals surface area contributed by atoms with E-state index in [1.54, 1.807) is 0 Å². The minimum atomic E-state index is -4.31. The molecule has 3 N–H and O–H groups in total. The molecule has 0 aromatic heterocycles. The van der Waals surface area contributed by atoms with Gasteiger partial charge in [0.1, 0.15) is 13.2 Å². The summed E-state index contributed by atoms with van der Waals surface area (Å²) in [5.74, 6) is -0.142. The number of nitrogens with zero attached hydrogens (tertiary/aromatic N) is 1. The molecule has 0 heterocycles. The lowest BCUT2D eigenvalue weighted by Crippen LogP contribution is -2.46. The van der Waals surface area contributed by atoms with Crippen LogP contribution >= 0.6 is 7.82 Å². The summed E-state index contributed by atoms with van der Waals surface area (Å²) in [5.41, 5.74) is 0. The van der Waals surface area contributed by atoms with Gasteiger partial charge in [0.05, 0.1) is 39.9 Å². The number of quaternary nitrogens is 1. The van der Waals surface area contributed by atoms with Crippen LogP contribution in [-0.2, 0) is 18.4 Å². The number of hydrogen-bond donors (Lipinski definition) is 3. The molecule has 8 nitrogen and oxygen atoms in total. The molecule has 0 aromatic carbocycles. The second-order valence-corrected chi connectivity index (χ2v) is 21.1. The van der Waals surface area contributed by atoms with Crippen LogP contribution in [0.5, 0.6) is 0 Å². The van der Waals surface area contributed by atoms with Gasteiger partial charge in [0.25, 0.3) is 0 Å². The molecule has 0 fully saturated rings. The predicted octanol–water partition coefficient (Wildman–Crippen LogP) is 15.6. The minimum Gasteiger partial charge on any atom is -0.391 e. The van der Waals surface area contributed by atoms with E-state index in [4.69, 9.17) is 9.05 Å². The molecule has 62 heavy (non-hydrogen) atoms. The van der Waals surface area contributed by atoms with E-state index in [-0.39, 0.29) is 19.1 Å². The molecule has 0 aliphatic rings. The minimum absolute atomic E-state index is 0.0762. The van der Waals surface area contributed by atoms with Crippen LogP contribution in [0.1, 0.15) is 258 Å². The van der Waals surface area contributed by atoms with Crippen LogP contribution in [0.15, 0.2) is 24.3 Å². The molecule has 0 radical (unpaired) electrons. The van der Waals surface area contributed by atoms with Gasteiger partial charge in [-0.25, -0.2) is 4.57 Å². The number of carbonyl (C=O) groups excluding carboxylic acids is 1. The summed E-state index contributed by atoms with van der Waals surface area (Å²) in [4.78, 5) is 23.2. The number of aliphatic hydroxyl groups excluding tert-OH is 1. The highest BCUT2D eigenvalue weighted by Crippen LogP contribution is 2.43. The molecule has 0 spiro atoms. The van der Waals surface area contributed by atoms with Gasteiger partial charge >= 0.3 is 7.82 Å². The number of nitrogens with one attached hydrogen (secondary N) is 1. The maximum absolute atomic E-state index is 12.9. The van der Waals surface area contributed by atoms with E-state index in [1.165, 1.54) is 186 Å². The highest BCUT2D eigenvalue weighted by atomic mass is 31.2. The first-order valence-corrected chi connectivity index (χ1v) is 28.2. The van der Waals surface area contributed by atoms with Gasteiger partial charge in [-0.2, -0.15) is 0 Å². The monoisotopic (exact) mass is 898 g/mol. The first-order valence-electron chi connectivity index (χ1n) is 26.7. The first kappa shape index (κ1) is 61.0. The van der Waals surface area contributed by atoms with Gasteiger partial charge in [0, 0.05) is 6.42 Å². The predicted molar refractivity (Wildman–Crippen MR) is 268 cm³/mol. The summed E-state index contributed by atoms with van der Waals surface area (Å²) in [6.45, 7) is 4.90. The zero-order valence-corrected chi connectivity index (χ0v) is 42.8. The molecular weight excluding hydrogens is 792 g/mol. The largest absolute Gasteiger partial charge is 0.472 e. The highest BCUT2D eigenvalue weighted by Gasteiger charge is 2.28. The first-order chi connectivity index (χ1) is 30.0. The van der Waals surface area contributed by atoms with E-state index >= 15 is 0 Å². The lowest BCUT2D eigenvalue weighted by molar-refractivity contribution is -0.870. The van der Waals surface area contributed by atoms with Gasteiger partial charge in [-0.05, 0) is 44.9 Å². The Balaban J connectivity index is 4.10. The number of allylic oxidation sites excluding steroid dienone is 4. The Morgan fingerprint density at radius 1 is 0.548 bits per heavy atom. The molecule has 368 valence electrons. The zero-order valence-electron chi connectivity index (χ0n) is 41.9. The SMILES string of the molecule is CCCCCCC/C=C\C/C=C\CCCCCCCCCCCCCCCCCC(=O)NC(COP(=O)(O)OCC[N+](C)(C)C)C(O)CCCCCCCCCCCCCCC. The maximum Gasteiger partial charge on any atom is 0.472 e. The van der Waals surface area contributed by atoms with E-state index in [2.05, 4.69) is 43.5 Å². The van der Waals surface area contributed by atoms with Crippen LogP contribution < -0.4 is 5.32 Å². The Bertz CT molecular complexity index is 1060. The summed E-state index contributed by atoms with van der Waals surface area (Å²) in [6, 6.07) is -0.757. The van der Waals surface area contributed by atoms with Gasteiger partial charge in [-0.1, -0.05) is 231 Å². The quantitative estimate of drug-likeness (QED) is 0.0243. The number of aliphatic hydroxyl groups is 1. The number of amides is 1. The zero-order chi connectivity index (χ0) is 45.7. The van der Waals surface area contributed by atoms with Crippen molar-refractivity contribution in [3.05, 3.63) is 24.3 Å². The average molecular weight is 898 g/mol. The van der Waals surface area contributed by atoms with Crippen molar-refractivity contribution < 1.29 is 32.9 Å². The molecule has 0 saturated heterocycles. The Hall–Kier alpha value is -1.02. The number of carbonyl (C=O) groups is 1. The van der Waals surface area contributed by atoms with E-state index in [0.717, 1.165) is 44.9 Å². The van der Waals surface area contributed by atoms with Crippen LogP contribution in [0.4, 0.5) is 0 Å². The smallest absolute Gasteiger partial charge is 0.391 e. The van der Waals surface area contributed by atoms with Crippen LogP contribution in [-0.4, -0.2) is 73.4 Å². The maximum atomic E-state index is 12.9. The van der Waals surface area contributed by atoms with Crippen LogP contribution in [0, 0.1) is 0 Å². The summed E-state index contributed by atoms with van der Waals surface area (Å²) in [5, 5.41) is 14.0. The van der Waals surface area contributed by atoms with E-state index in [0.29, 0.717) is 23.9 Å². The second-order valence-electron chi connectivity index (χ2n) is 19.6. The van der Waals surface area contributed by atoms with Crippen molar-refractivity contribution in [1.82, 2.24) is 5.32 Å². The summed E-state index contributed by atoms with van der Waals surface area (Å²) in [7, 11) is 1.62. The van der Waals surface area contributed by atoms with Crippen molar-refractivity contribution in [2.24, 2.45) is 0 Å². The van der Waals surface area contributed by atoms with Crippen LogP contribution in [0.2, 0.25) is 0 Å². The van der Waals surface area contributed by atoms with Gasteiger partial charge in [-0.3, -0.25) is 13.8 Å². The molecule has 0 aromatic rings. The normalized spacial score (nSPS) is 14.2. The van der Waals surface area contributed by atoms with Gasteiger partial charge < -0.3 is 19.8 Å². The van der Waals surface area contributed by atoms with Crippen molar-refractivity contribution in [3.63, 3.8) is 0 Å². The molecule has 0 bridgehead atoms. The van der Waals surface area contributed by atoms with E-state index in [9.17, 15) is 19.4 Å². The molecule has 1 amide bonds. The third-order valence-corrected chi connectivity index (χ3v) is 13.2. The van der Waals surface area contributed by atoms with Crippen molar-refractivity contribution in [3.8, 4) is 0 Å². The summed E-state index contributed by atoms with van der Waals surface area (Å²) >= 11 is 0. The number of hydrogen-bond acceptors (Lipinski definition) is 5. The van der Waals surface area contributed by atoms with Crippen LogP contribution in [0.25, 0.3) is 0 Å². The summed E-state index contributed by atoms with van der Waals surface area (Å²) in [6.07, 6.45) is 55.1. The Morgan fingerprint density at radius 3 is 1.32 bits per heavy atom. The molecular formula is C53H106N2O6P+. The van der Waals surface area contributed by atoms with Crippen molar-refractivity contribution in [2.75, 3.05) is 40.9 Å². The fourth-order valence-corrected chi connectivity index (χ4v) is 8.70. The molecule has 0 saturated carbocycles. The fourth-order valence-electron chi connectivity index (χ4n) is 7.96. The van der Waals surface area contributed by atoms with Crippen molar-refractivity contribution in [1.29, 1.82) is 0 Å². The molecule has 3 atom stereocenters. The molecule has 0 rings (SSSR count). The van der Waals surface area contributed by atoms with E-state index < -0.39 is 20.0 Å². The van der Waals surface area contributed by atoms with Gasteiger partial charge in [0.15, 0.2) is 0 Å². The van der Waals surface area contributed by atoms with Gasteiger partial charge in [0.2, 0.25) is 5.91 Å². The molecule has 3 unspecified atom stereocenters. The molecule has 0 aliphatic heterocycles. The number of phosphoric acid groups is 1. The average Bonchev–Trinajstić information content (AvgIpc) is 3.23. The molecule has 0 aliphatic carbocycles. The summed E-state index contributed by atoms with van der Waals surface area (Å²) < 4.78 is 23.7. The lowest BCUT2D eigenvalue weighted by atomic mass is 10.0. The molecule has 9 heteroatoms. The Labute approximate surface area is 385 Å². The standard InChI is InChI=1S/C53H105N2O6P/c1-6-8-10-12-14-16-18-20-21-22-23-24-25-26-27-28-29-30-31-32-33-35-37-39-41-43-45-47-53(57)54-51(50-61-62(58,59)60-49-48-55(3,4)5)52(56)46-44-42-40-38-36-34-19-17-15-13-11-9-7-2/h18,20,22-23,51-52,56H,6-17,19,21,24-50H2,1-5H3,(H-,54,57,58,59)/p+1/b20-18-,23-22-. The topological polar surface area (TPSA) is 105 Å². The number of phosphoric ester groups is 1. The highest BCUT2D eigenvalue weighted by molar-refractivity contribution is 7.47. The fraction of sp³-hybridized carbons (Fsp3) is 0.906. The third-order valence-electron chi connectivity index (χ3n) is 12.2. The van der Waals surface area contributed by atoms with Gasteiger partial charge in [-0.15, -0.1) is 0 Å². The van der Waals surface area contributed by atoms with Crippen LogP contribution in [0.3, 0.4) is 0 Å².